The van der Waals surface area contributed by atoms with Gasteiger partial charge in [0.05, 0.1) is 19.6 Å². The minimum absolute atomic E-state index is 0.103. The molecular weight excluding hydrogens is 413 g/mol. The maximum atomic E-state index is 12.8. The largest absolute Gasteiger partial charge is 0.490 e. The third-order valence-corrected chi connectivity index (χ3v) is 5.65. The van der Waals surface area contributed by atoms with Gasteiger partial charge in [0.15, 0.2) is 0 Å². The van der Waals surface area contributed by atoms with Crippen molar-refractivity contribution in [2.75, 3.05) is 39.4 Å². The van der Waals surface area contributed by atoms with Gasteiger partial charge in [0.1, 0.15) is 0 Å². The number of carbonyl (C=O) groups is 2. The second-order valence-corrected chi connectivity index (χ2v) is 8.50. The number of benzene rings is 1. The summed E-state index contributed by atoms with van der Waals surface area (Å²) in [6.07, 6.45) is -2.34. The Balaban J connectivity index is 0.000000423. The van der Waals surface area contributed by atoms with Crippen LogP contribution in [0, 0.1) is 5.41 Å². The molecule has 0 aromatic heterocycles. The zero-order valence-electron chi connectivity index (χ0n) is 18.0. The van der Waals surface area contributed by atoms with Crippen LogP contribution in [0.1, 0.15) is 32.3 Å². The number of alkyl halides is 3. The Morgan fingerprint density at radius 1 is 1.16 bits per heavy atom. The summed E-state index contributed by atoms with van der Waals surface area (Å²) in [5.41, 5.74) is 1.20. The van der Waals surface area contributed by atoms with Crippen molar-refractivity contribution in [3.63, 3.8) is 0 Å². The van der Waals surface area contributed by atoms with E-state index in [0.29, 0.717) is 12.5 Å². The molecule has 0 aliphatic carbocycles. The van der Waals surface area contributed by atoms with Crippen LogP contribution < -0.4 is 0 Å². The van der Waals surface area contributed by atoms with Crippen LogP contribution in [0.5, 0.6) is 0 Å². The summed E-state index contributed by atoms with van der Waals surface area (Å²) < 4.78 is 37.7. The van der Waals surface area contributed by atoms with Gasteiger partial charge in [-0.25, -0.2) is 4.79 Å². The Kier molecular flexibility index (Phi) is 8.88. The molecule has 2 aliphatic heterocycles. The summed E-state index contributed by atoms with van der Waals surface area (Å²) in [7, 11) is 0. The first-order valence-electron chi connectivity index (χ1n) is 10.5. The molecule has 2 fully saturated rings. The number of ether oxygens (including phenoxy) is 1. The Bertz CT molecular complexity index is 727. The lowest BCUT2D eigenvalue weighted by Gasteiger charge is -2.44. The number of amides is 1. The van der Waals surface area contributed by atoms with Crippen molar-refractivity contribution >= 4 is 11.9 Å². The maximum absolute atomic E-state index is 12.8. The Hall–Kier alpha value is -2.13. The summed E-state index contributed by atoms with van der Waals surface area (Å²) in [6.45, 7) is 9.84. The van der Waals surface area contributed by atoms with Crippen molar-refractivity contribution in [2.24, 2.45) is 5.41 Å². The van der Waals surface area contributed by atoms with Crippen molar-refractivity contribution in [3.8, 4) is 0 Å². The van der Waals surface area contributed by atoms with Crippen LogP contribution in [0.25, 0.3) is 0 Å². The molecule has 1 amide bonds. The van der Waals surface area contributed by atoms with Gasteiger partial charge in [-0.1, -0.05) is 30.3 Å². The fourth-order valence-electron chi connectivity index (χ4n) is 4.02. The van der Waals surface area contributed by atoms with Crippen molar-refractivity contribution in [3.05, 3.63) is 35.9 Å². The minimum atomic E-state index is -5.08. The number of halogens is 3. The average molecular weight is 444 g/mol. The molecule has 0 saturated carbocycles. The summed E-state index contributed by atoms with van der Waals surface area (Å²) in [5.74, 6) is -2.51. The molecule has 1 atom stereocenters. The van der Waals surface area contributed by atoms with E-state index in [-0.39, 0.29) is 11.3 Å². The fourth-order valence-corrected chi connectivity index (χ4v) is 4.02. The number of hydrogen-bond acceptors (Lipinski definition) is 4. The third kappa shape index (κ3) is 7.81. The summed E-state index contributed by atoms with van der Waals surface area (Å²) in [4.78, 5) is 26.2. The van der Waals surface area contributed by atoms with E-state index in [1.807, 2.05) is 30.3 Å². The highest BCUT2D eigenvalue weighted by atomic mass is 19.4. The molecule has 2 heterocycles. The zero-order chi connectivity index (χ0) is 23.1. The third-order valence-electron chi connectivity index (χ3n) is 5.65. The average Bonchev–Trinajstić information content (AvgIpc) is 2.91. The van der Waals surface area contributed by atoms with Gasteiger partial charge in [-0.05, 0) is 32.3 Å². The summed E-state index contributed by atoms with van der Waals surface area (Å²) in [6, 6.07) is 10.6. The first-order valence-corrected chi connectivity index (χ1v) is 10.5. The molecule has 2 saturated heterocycles. The maximum Gasteiger partial charge on any atom is 0.490 e. The number of carbonyl (C=O) groups excluding carboxylic acids is 1. The molecule has 1 unspecified atom stereocenters. The van der Waals surface area contributed by atoms with Crippen molar-refractivity contribution in [1.29, 1.82) is 0 Å². The molecule has 174 valence electrons. The van der Waals surface area contributed by atoms with E-state index in [4.69, 9.17) is 14.6 Å². The van der Waals surface area contributed by atoms with Crippen molar-refractivity contribution < 1.29 is 32.6 Å². The lowest BCUT2D eigenvalue weighted by Crippen LogP contribution is -2.53. The van der Waals surface area contributed by atoms with Gasteiger partial charge < -0.3 is 14.7 Å². The van der Waals surface area contributed by atoms with Crippen LogP contribution in [0.2, 0.25) is 0 Å². The smallest absolute Gasteiger partial charge is 0.475 e. The number of carboxylic acid groups (broad SMARTS) is 1. The first kappa shape index (κ1) is 25.1. The molecule has 1 aromatic carbocycles. The lowest BCUT2D eigenvalue weighted by molar-refractivity contribution is -0.192. The number of nitrogens with zero attached hydrogens (tertiary/aromatic N) is 2. The number of hydrogen-bond donors (Lipinski definition) is 1. The first-order chi connectivity index (χ1) is 14.5. The molecule has 0 bridgehead atoms. The number of carboxylic acids is 1. The molecule has 1 spiro atoms. The normalized spacial score (nSPS) is 22.6. The van der Waals surface area contributed by atoms with E-state index in [9.17, 15) is 18.0 Å². The number of piperidine rings is 1. The van der Waals surface area contributed by atoms with E-state index in [1.54, 1.807) is 0 Å². The molecule has 9 heteroatoms. The second kappa shape index (κ2) is 10.9. The zero-order valence-corrected chi connectivity index (χ0v) is 18.0. The van der Waals surface area contributed by atoms with Gasteiger partial charge in [-0.2, -0.15) is 13.2 Å². The summed E-state index contributed by atoms with van der Waals surface area (Å²) in [5, 5.41) is 7.12. The van der Waals surface area contributed by atoms with Crippen molar-refractivity contribution in [2.45, 2.75) is 45.3 Å². The predicted octanol–water partition coefficient (Wildman–Crippen LogP) is 3.21. The van der Waals surface area contributed by atoms with E-state index in [2.05, 4.69) is 23.6 Å². The molecule has 6 nitrogen and oxygen atoms in total. The lowest BCUT2D eigenvalue weighted by atomic mass is 9.79. The van der Waals surface area contributed by atoms with Crippen LogP contribution in [0.3, 0.4) is 0 Å². The Morgan fingerprint density at radius 3 is 2.39 bits per heavy atom. The highest BCUT2D eigenvalue weighted by Crippen LogP contribution is 2.33. The van der Waals surface area contributed by atoms with Gasteiger partial charge in [-0.3, -0.25) is 9.69 Å². The van der Waals surface area contributed by atoms with Gasteiger partial charge in [0, 0.05) is 37.6 Å². The number of rotatable bonds is 3. The Labute approximate surface area is 181 Å². The van der Waals surface area contributed by atoms with Crippen LogP contribution in [0.4, 0.5) is 13.2 Å². The van der Waals surface area contributed by atoms with Crippen LogP contribution in [-0.2, 0) is 20.7 Å². The standard InChI is InChI=1S/C20H30N2O2.C2HF3O2/c1-17(2)21-11-12-24-16-20(14-21)9-6-10-22(15-20)19(23)13-18-7-4-3-5-8-18;3-2(4,5)1(6)7/h3-5,7-8,17H,6,9-16H2,1-2H3;(H,6,7). The van der Waals surface area contributed by atoms with Gasteiger partial charge in [0.25, 0.3) is 0 Å². The topological polar surface area (TPSA) is 70.1 Å². The Morgan fingerprint density at radius 2 is 1.81 bits per heavy atom. The van der Waals surface area contributed by atoms with Gasteiger partial charge in [-0.15, -0.1) is 0 Å². The molecule has 1 aromatic rings. The van der Waals surface area contributed by atoms with Crippen molar-refractivity contribution in [1.82, 2.24) is 9.80 Å². The molecule has 2 aliphatic rings. The molecule has 0 radical (unpaired) electrons. The molecular formula is C22H31F3N2O4. The summed E-state index contributed by atoms with van der Waals surface area (Å²) >= 11 is 0. The molecule has 31 heavy (non-hydrogen) atoms. The highest BCUT2D eigenvalue weighted by molar-refractivity contribution is 5.79. The van der Waals surface area contributed by atoms with Gasteiger partial charge >= 0.3 is 12.1 Å². The van der Waals surface area contributed by atoms with E-state index < -0.39 is 12.1 Å². The van der Waals surface area contributed by atoms with Crippen LogP contribution in [-0.4, -0.2) is 78.4 Å². The minimum Gasteiger partial charge on any atom is -0.475 e. The predicted molar refractivity (Wildman–Crippen MR) is 110 cm³/mol. The SMILES string of the molecule is CC(C)N1CCOCC2(CCCN(C(=O)Cc3ccccc3)C2)C1.O=C(O)C(F)(F)F. The highest BCUT2D eigenvalue weighted by Gasteiger charge is 2.40. The molecule has 3 rings (SSSR count). The van der Waals surface area contributed by atoms with E-state index >= 15 is 0 Å². The van der Waals surface area contributed by atoms with E-state index in [1.165, 1.54) is 0 Å². The quantitative estimate of drug-likeness (QED) is 0.775. The van der Waals surface area contributed by atoms with Crippen LogP contribution >= 0.6 is 0 Å². The van der Waals surface area contributed by atoms with Crippen LogP contribution in [0.15, 0.2) is 30.3 Å². The van der Waals surface area contributed by atoms with Gasteiger partial charge in [0.2, 0.25) is 5.91 Å². The second-order valence-electron chi connectivity index (χ2n) is 8.50. The number of likely N-dealkylation sites (tertiary alicyclic amines) is 1. The fraction of sp³-hybridized carbons (Fsp3) is 0.636. The monoisotopic (exact) mass is 444 g/mol. The number of aliphatic carboxylic acids is 1. The molecule has 1 N–H and O–H groups in total. The van der Waals surface area contributed by atoms with E-state index in [0.717, 1.165) is 57.8 Å².